The fourth-order valence-electron chi connectivity index (χ4n) is 2.43. The van der Waals surface area contributed by atoms with Gasteiger partial charge in [0.15, 0.2) is 5.96 Å². The lowest BCUT2D eigenvalue weighted by Crippen LogP contribution is -2.39. The molecule has 4 heteroatoms. The van der Waals surface area contributed by atoms with Gasteiger partial charge in [-0.05, 0) is 39.7 Å². The van der Waals surface area contributed by atoms with Crippen molar-refractivity contribution in [3.63, 3.8) is 0 Å². The lowest BCUT2D eigenvalue weighted by molar-refractivity contribution is 0.160. The summed E-state index contributed by atoms with van der Waals surface area (Å²) < 4.78 is 0. The maximum atomic E-state index is 5.24. The van der Waals surface area contributed by atoms with Crippen LogP contribution in [0.1, 0.15) is 39.5 Å². The van der Waals surface area contributed by atoms with Gasteiger partial charge in [-0.15, -0.1) is 6.42 Å². The second kappa shape index (κ2) is 9.69. The predicted octanol–water partition coefficient (Wildman–Crippen LogP) is 1.44. The highest BCUT2D eigenvalue weighted by atomic mass is 15.2. The van der Waals surface area contributed by atoms with E-state index in [2.05, 4.69) is 40.3 Å². The Bertz CT molecular complexity index is 306. The van der Waals surface area contributed by atoms with Crippen molar-refractivity contribution in [2.75, 3.05) is 32.7 Å². The number of hydrogen-bond donors (Lipinski definition) is 2. The SMILES string of the molecule is C#CCNC(=NCCCN1CCCCC1C)NCC. The maximum absolute atomic E-state index is 5.24. The van der Waals surface area contributed by atoms with E-state index in [4.69, 9.17) is 6.42 Å². The minimum absolute atomic E-state index is 0.523. The monoisotopic (exact) mass is 264 g/mol. The molecule has 0 radical (unpaired) electrons. The molecule has 0 spiro atoms. The number of hydrogen-bond acceptors (Lipinski definition) is 2. The van der Waals surface area contributed by atoms with Crippen molar-refractivity contribution in [3.05, 3.63) is 0 Å². The van der Waals surface area contributed by atoms with Crippen LogP contribution in [0.4, 0.5) is 0 Å². The molecular weight excluding hydrogens is 236 g/mol. The highest BCUT2D eigenvalue weighted by Gasteiger charge is 2.16. The molecule has 1 unspecified atom stereocenters. The van der Waals surface area contributed by atoms with E-state index < -0.39 is 0 Å². The van der Waals surface area contributed by atoms with Gasteiger partial charge >= 0.3 is 0 Å². The molecule has 1 heterocycles. The molecule has 4 nitrogen and oxygen atoms in total. The Morgan fingerprint density at radius 2 is 2.26 bits per heavy atom. The van der Waals surface area contributed by atoms with Crippen molar-refractivity contribution in [2.24, 2.45) is 4.99 Å². The van der Waals surface area contributed by atoms with E-state index >= 15 is 0 Å². The molecule has 1 aliphatic heterocycles. The molecule has 0 aromatic heterocycles. The van der Waals surface area contributed by atoms with E-state index in [1.165, 1.54) is 25.8 Å². The molecular formula is C15H28N4. The number of rotatable bonds is 6. The Hall–Kier alpha value is -1.21. The Morgan fingerprint density at radius 3 is 2.95 bits per heavy atom. The maximum Gasteiger partial charge on any atom is 0.192 e. The zero-order chi connectivity index (χ0) is 13.9. The first kappa shape index (κ1) is 15.8. The third-order valence-corrected chi connectivity index (χ3v) is 3.52. The van der Waals surface area contributed by atoms with Gasteiger partial charge < -0.3 is 15.5 Å². The summed E-state index contributed by atoms with van der Waals surface area (Å²) >= 11 is 0. The zero-order valence-corrected chi connectivity index (χ0v) is 12.4. The fraction of sp³-hybridized carbons (Fsp3) is 0.800. The molecule has 0 amide bonds. The molecule has 1 saturated heterocycles. The summed E-state index contributed by atoms with van der Waals surface area (Å²) in [5.41, 5.74) is 0. The van der Waals surface area contributed by atoms with Crippen molar-refractivity contribution in [3.8, 4) is 12.3 Å². The van der Waals surface area contributed by atoms with E-state index in [1.54, 1.807) is 0 Å². The molecule has 0 aliphatic carbocycles. The van der Waals surface area contributed by atoms with Crippen LogP contribution in [0.2, 0.25) is 0 Å². The summed E-state index contributed by atoms with van der Waals surface area (Å²) in [4.78, 5) is 7.12. The zero-order valence-electron chi connectivity index (χ0n) is 12.4. The normalized spacial score (nSPS) is 20.9. The number of terminal acetylenes is 1. The van der Waals surface area contributed by atoms with Crippen LogP contribution in [0.25, 0.3) is 0 Å². The first-order valence-corrected chi connectivity index (χ1v) is 7.47. The van der Waals surface area contributed by atoms with Gasteiger partial charge in [0, 0.05) is 25.7 Å². The molecule has 0 aromatic rings. The third-order valence-electron chi connectivity index (χ3n) is 3.52. The number of piperidine rings is 1. The average Bonchev–Trinajstić information content (AvgIpc) is 2.42. The topological polar surface area (TPSA) is 39.7 Å². The average molecular weight is 264 g/mol. The minimum Gasteiger partial charge on any atom is -0.357 e. The second-order valence-electron chi connectivity index (χ2n) is 5.05. The number of guanidine groups is 1. The molecule has 0 aromatic carbocycles. The predicted molar refractivity (Wildman–Crippen MR) is 82.3 cm³/mol. The number of nitrogens with zero attached hydrogens (tertiary/aromatic N) is 2. The summed E-state index contributed by atoms with van der Waals surface area (Å²) in [6.45, 7) is 9.03. The van der Waals surface area contributed by atoms with Crippen LogP contribution in [0.15, 0.2) is 4.99 Å². The first-order valence-electron chi connectivity index (χ1n) is 7.47. The highest BCUT2D eigenvalue weighted by Crippen LogP contribution is 2.16. The van der Waals surface area contributed by atoms with Crippen LogP contribution in [0.3, 0.4) is 0 Å². The lowest BCUT2D eigenvalue weighted by atomic mass is 10.0. The van der Waals surface area contributed by atoms with Crippen molar-refractivity contribution < 1.29 is 0 Å². The van der Waals surface area contributed by atoms with Crippen molar-refractivity contribution in [1.29, 1.82) is 0 Å². The summed E-state index contributed by atoms with van der Waals surface area (Å²) in [6, 6.07) is 0.741. The fourth-order valence-corrected chi connectivity index (χ4v) is 2.43. The van der Waals surface area contributed by atoms with Crippen LogP contribution in [-0.2, 0) is 0 Å². The molecule has 1 fully saturated rings. The molecule has 1 atom stereocenters. The van der Waals surface area contributed by atoms with Crippen LogP contribution >= 0.6 is 0 Å². The standard InChI is InChI=1S/C15H28N4/c1-4-10-17-15(16-5-2)18-11-8-13-19-12-7-6-9-14(19)3/h1,14H,5-13H2,2-3H3,(H2,16,17,18). The van der Waals surface area contributed by atoms with Gasteiger partial charge in [-0.1, -0.05) is 12.3 Å². The van der Waals surface area contributed by atoms with Gasteiger partial charge in [0.2, 0.25) is 0 Å². The van der Waals surface area contributed by atoms with E-state index in [0.29, 0.717) is 6.54 Å². The van der Waals surface area contributed by atoms with Gasteiger partial charge in [-0.3, -0.25) is 4.99 Å². The molecule has 2 N–H and O–H groups in total. The Kier molecular flexibility index (Phi) is 8.08. The van der Waals surface area contributed by atoms with Crippen LogP contribution in [0.5, 0.6) is 0 Å². The van der Waals surface area contributed by atoms with Crippen LogP contribution < -0.4 is 10.6 Å². The number of nitrogens with one attached hydrogen (secondary N) is 2. The van der Waals surface area contributed by atoms with Gasteiger partial charge in [-0.2, -0.15) is 0 Å². The molecule has 19 heavy (non-hydrogen) atoms. The van der Waals surface area contributed by atoms with Gasteiger partial charge in [-0.25, -0.2) is 0 Å². The van der Waals surface area contributed by atoms with E-state index in [-0.39, 0.29) is 0 Å². The van der Waals surface area contributed by atoms with E-state index in [1.807, 2.05) is 0 Å². The lowest BCUT2D eigenvalue weighted by Gasteiger charge is -2.33. The third kappa shape index (κ3) is 6.49. The first-order chi connectivity index (χ1) is 9.27. The Balaban J connectivity index is 2.23. The smallest absolute Gasteiger partial charge is 0.192 e. The van der Waals surface area contributed by atoms with E-state index in [9.17, 15) is 0 Å². The summed E-state index contributed by atoms with van der Waals surface area (Å²) in [5, 5.41) is 6.30. The van der Waals surface area contributed by atoms with Gasteiger partial charge in [0.05, 0.1) is 6.54 Å². The Morgan fingerprint density at radius 1 is 1.42 bits per heavy atom. The van der Waals surface area contributed by atoms with Crippen molar-refractivity contribution in [2.45, 2.75) is 45.6 Å². The van der Waals surface area contributed by atoms with Crippen molar-refractivity contribution in [1.82, 2.24) is 15.5 Å². The second-order valence-corrected chi connectivity index (χ2v) is 5.05. The molecule has 1 rings (SSSR count). The quantitative estimate of drug-likeness (QED) is 0.330. The number of likely N-dealkylation sites (tertiary alicyclic amines) is 1. The Labute approximate surface area is 118 Å². The summed E-state index contributed by atoms with van der Waals surface area (Å²) in [7, 11) is 0. The molecule has 1 aliphatic rings. The van der Waals surface area contributed by atoms with Gasteiger partial charge in [0.25, 0.3) is 0 Å². The highest BCUT2D eigenvalue weighted by molar-refractivity contribution is 5.79. The molecule has 0 bridgehead atoms. The molecule has 108 valence electrons. The van der Waals surface area contributed by atoms with Crippen molar-refractivity contribution >= 4 is 5.96 Å². The van der Waals surface area contributed by atoms with Crippen LogP contribution in [0, 0.1) is 12.3 Å². The van der Waals surface area contributed by atoms with Gasteiger partial charge in [0.1, 0.15) is 0 Å². The number of aliphatic imine (C=N–C) groups is 1. The summed E-state index contributed by atoms with van der Waals surface area (Å²) in [6.07, 6.45) is 10.4. The van der Waals surface area contributed by atoms with E-state index in [0.717, 1.165) is 38.1 Å². The summed E-state index contributed by atoms with van der Waals surface area (Å²) in [5.74, 6) is 3.39. The largest absolute Gasteiger partial charge is 0.357 e. The van der Waals surface area contributed by atoms with Crippen LogP contribution in [-0.4, -0.2) is 49.6 Å². The molecule has 0 saturated carbocycles. The minimum atomic E-state index is 0.523.